The molecule has 0 saturated heterocycles. The molecule has 9 heteroatoms. The van der Waals surface area contributed by atoms with Gasteiger partial charge < -0.3 is 9.74 Å². The maximum absolute atomic E-state index is 13.2. The molecule has 0 aromatic heterocycles. The molecule has 0 bridgehead atoms. The maximum Gasteiger partial charge on any atom is 0.261 e. The highest BCUT2D eigenvalue weighted by Gasteiger charge is 2.40. The first kappa shape index (κ1) is 28.1. The number of imide groups is 1. The van der Waals surface area contributed by atoms with Crippen molar-refractivity contribution in [2.75, 3.05) is 6.54 Å². The van der Waals surface area contributed by atoms with E-state index >= 15 is 0 Å². The largest absolute Gasteiger partial charge is 0.544 e. The zero-order chi connectivity index (χ0) is 27.4. The summed E-state index contributed by atoms with van der Waals surface area (Å²) in [6, 6.07) is 13.9. The summed E-state index contributed by atoms with van der Waals surface area (Å²) < 4.78 is 6.36. The highest BCUT2D eigenvalue weighted by Crippen LogP contribution is 2.37. The number of nitrogens with one attached hydrogen (secondary N) is 1. The molecular formula is C28H33N3O4SSi. The fourth-order valence-electron chi connectivity index (χ4n) is 3.54. The molecular weight excluding hydrogens is 502 g/mol. The number of thiol groups is 1. The van der Waals surface area contributed by atoms with E-state index in [0.717, 1.165) is 10.6 Å². The molecule has 0 fully saturated rings. The summed E-state index contributed by atoms with van der Waals surface area (Å²) in [5.41, 5.74) is 1.33. The van der Waals surface area contributed by atoms with Crippen LogP contribution in [0.15, 0.2) is 77.4 Å². The Hall–Kier alpha value is -3.43. The van der Waals surface area contributed by atoms with E-state index in [1.165, 1.54) is 18.6 Å². The number of carbonyl (C=O) groups excluding carboxylic acids is 3. The molecule has 0 radical (unpaired) electrons. The molecule has 1 unspecified atom stereocenters. The fraction of sp³-hybridized carbons (Fsp3) is 0.286. The van der Waals surface area contributed by atoms with E-state index in [0.29, 0.717) is 21.6 Å². The van der Waals surface area contributed by atoms with E-state index in [4.69, 9.17) is 4.43 Å². The molecule has 7 nitrogen and oxygen atoms in total. The molecule has 0 aliphatic carbocycles. The molecule has 3 rings (SSSR count). The standard InChI is InChI=1S/C28H33N3O4SSi/c1-19(36)17-29-15-16-30-25(32)24(18-31-26(33)22-9-7-8-10-23(22)27(31)34)20-11-13-21(14-12-20)35-37(5,6)28(2,3)4/h7-17,24,36H,1,18H2,2-6H3,(H,30,32)/b16-15-,29-17?. The molecule has 3 amide bonds. The van der Waals surface area contributed by atoms with Gasteiger partial charge in [0.15, 0.2) is 0 Å². The van der Waals surface area contributed by atoms with Gasteiger partial charge in [-0.05, 0) is 48.0 Å². The number of fused-ring (bicyclic) bond motifs is 1. The van der Waals surface area contributed by atoms with Crippen LogP contribution in [0.25, 0.3) is 0 Å². The first-order valence-corrected chi connectivity index (χ1v) is 15.3. The summed E-state index contributed by atoms with van der Waals surface area (Å²) in [7, 11) is -2.04. The fourth-order valence-corrected chi connectivity index (χ4v) is 4.63. The minimum atomic E-state index is -2.04. The average molecular weight is 536 g/mol. The van der Waals surface area contributed by atoms with Gasteiger partial charge in [0.05, 0.1) is 17.0 Å². The van der Waals surface area contributed by atoms with E-state index in [9.17, 15) is 14.4 Å². The van der Waals surface area contributed by atoms with E-state index < -0.39 is 26.0 Å². The normalized spacial score (nSPS) is 14.8. The highest BCUT2D eigenvalue weighted by atomic mass is 32.1. The Morgan fingerprint density at radius 3 is 2.19 bits per heavy atom. The number of aliphatic imine (C=N–C) groups is 1. The van der Waals surface area contributed by atoms with Crippen molar-refractivity contribution in [1.29, 1.82) is 0 Å². The van der Waals surface area contributed by atoms with Crippen molar-refractivity contribution in [1.82, 2.24) is 10.2 Å². The van der Waals surface area contributed by atoms with Crippen LogP contribution in [0, 0.1) is 0 Å². The lowest BCUT2D eigenvalue weighted by Gasteiger charge is -2.36. The molecule has 1 heterocycles. The predicted octanol–water partition coefficient (Wildman–Crippen LogP) is 5.55. The smallest absolute Gasteiger partial charge is 0.261 e. The molecule has 2 aromatic carbocycles. The lowest BCUT2D eigenvalue weighted by atomic mass is 9.97. The number of carbonyl (C=O) groups is 3. The lowest BCUT2D eigenvalue weighted by molar-refractivity contribution is -0.121. The van der Waals surface area contributed by atoms with E-state index in [-0.39, 0.29) is 17.5 Å². The molecule has 1 aliphatic rings. The van der Waals surface area contributed by atoms with Crippen LogP contribution < -0.4 is 9.74 Å². The topological polar surface area (TPSA) is 88.1 Å². The monoisotopic (exact) mass is 535 g/mol. The van der Waals surface area contributed by atoms with Crippen molar-refractivity contribution in [2.45, 2.75) is 44.8 Å². The summed E-state index contributed by atoms with van der Waals surface area (Å²) in [6.07, 6.45) is 4.22. The Bertz CT molecular complexity index is 1230. The number of rotatable bonds is 9. The zero-order valence-electron chi connectivity index (χ0n) is 21.8. The third-order valence-electron chi connectivity index (χ3n) is 6.63. The highest BCUT2D eigenvalue weighted by molar-refractivity contribution is 7.85. The van der Waals surface area contributed by atoms with Crippen LogP contribution in [0.1, 0.15) is 53.0 Å². The second-order valence-electron chi connectivity index (χ2n) is 10.3. The van der Waals surface area contributed by atoms with Gasteiger partial charge in [-0.2, -0.15) is 0 Å². The molecule has 2 aromatic rings. The van der Waals surface area contributed by atoms with E-state index in [1.807, 2.05) is 12.1 Å². The second kappa shape index (κ2) is 11.3. The van der Waals surface area contributed by atoms with E-state index in [1.54, 1.807) is 36.4 Å². The summed E-state index contributed by atoms with van der Waals surface area (Å²) >= 11 is 4.03. The Balaban J connectivity index is 1.86. The second-order valence-corrected chi connectivity index (χ2v) is 15.6. The van der Waals surface area contributed by atoms with Crippen molar-refractivity contribution in [2.24, 2.45) is 4.99 Å². The van der Waals surface area contributed by atoms with Gasteiger partial charge in [-0.3, -0.25) is 24.3 Å². The quantitative estimate of drug-likeness (QED) is 0.191. The predicted molar refractivity (Wildman–Crippen MR) is 153 cm³/mol. The van der Waals surface area contributed by atoms with Crippen LogP contribution in [0.2, 0.25) is 18.1 Å². The molecule has 194 valence electrons. The zero-order valence-corrected chi connectivity index (χ0v) is 23.7. The molecule has 0 spiro atoms. The van der Waals surface area contributed by atoms with Crippen LogP contribution in [-0.2, 0) is 4.79 Å². The maximum atomic E-state index is 13.2. The van der Waals surface area contributed by atoms with Gasteiger partial charge >= 0.3 is 0 Å². The Morgan fingerprint density at radius 2 is 1.68 bits per heavy atom. The van der Waals surface area contributed by atoms with Crippen molar-refractivity contribution in [3.63, 3.8) is 0 Å². The van der Waals surface area contributed by atoms with Crippen LogP contribution >= 0.6 is 12.6 Å². The molecule has 1 N–H and O–H groups in total. The van der Waals surface area contributed by atoms with Crippen molar-refractivity contribution < 1.29 is 18.8 Å². The number of hydrogen-bond donors (Lipinski definition) is 2. The molecule has 1 aliphatic heterocycles. The van der Waals surface area contributed by atoms with E-state index in [2.05, 4.69) is 63.4 Å². The van der Waals surface area contributed by atoms with Gasteiger partial charge in [0, 0.05) is 30.1 Å². The number of hydrogen-bond acceptors (Lipinski definition) is 6. The van der Waals surface area contributed by atoms with Crippen LogP contribution in [0.5, 0.6) is 5.75 Å². The summed E-state index contributed by atoms with van der Waals surface area (Å²) in [5, 5.41) is 2.73. The SMILES string of the molecule is C=C(S)C=N/C=C\NC(=O)C(CN1C(=O)c2ccccc2C1=O)c1ccc(O[Si](C)(C)C(C)(C)C)cc1. The van der Waals surface area contributed by atoms with Crippen molar-refractivity contribution in [3.8, 4) is 5.75 Å². The van der Waals surface area contributed by atoms with Gasteiger partial charge in [0.1, 0.15) is 5.75 Å². The van der Waals surface area contributed by atoms with Crippen LogP contribution in [0.4, 0.5) is 0 Å². The van der Waals surface area contributed by atoms with Crippen molar-refractivity contribution >= 4 is 44.9 Å². The third kappa shape index (κ3) is 6.67. The lowest BCUT2D eigenvalue weighted by Crippen LogP contribution is -2.43. The Labute approximate surface area is 224 Å². The Kier molecular flexibility index (Phi) is 8.60. The summed E-state index contributed by atoms with van der Waals surface area (Å²) in [6.45, 7) is 14.3. The average Bonchev–Trinajstić information content (AvgIpc) is 3.06. The van der Waals surface area contributed by atoms with Gasteiger partial charge in [-0.1, -0.05) is 51.6 Å². The first-order valence-electron chi connectivity index (χ1n) is 11.9. The molecule has 37 heavy (non-hydrogen) atoms. The minimum absolute atomic E-state index is 0.0354. The number of allylic oxidation sites excluding steroid dienone is 1. The van der Waals surface area contributed by atoms with Crippen LogP contribution in [0.3, 0.4) is 0 Å². The van der Waals surface area contributed by atoms with Gasteiger partial charge in [-0.15, -0.1) is 12.6 Å². The first-order chi connectivity index (χ1) is 17.3. The van der Waals surface area contributed by atoms with Crippen LogP contribution in [-0.4, -0.2) is 43.7 Å². The van der Waals surface area contributed by atoms with Gasteiger partial charge in [0.25, 0.3) is 11.8 Å². The third-order valence-corrected chi connectivity index (χ3v) is 11.1. The number of nitrogens with zero attached hydrogens (tertiary/aromatic N) is 2. The van der Waals surface area contributed by atoms with Gasteiger partial charge in [0.2, 0.25) is 14.2 Å². The number of benzene rings is 2. The molecule has 1 atom stereocenters. The van der Waals surface area contributed by atoms with Gasteiger partial charge in [-0.25, -0.2) is 0 Å². The number of amides is 3. The van der Waals surface area contributed by atoms with Crippen molar-refractivity contribution in [3.05, 3.63) is 89.1 Å². The molecule has 0 saturated carbocycles. The Morgan fingerprint density at radius 1 is 1.11 bits per heavy atom. The summed E-state index contributed by atoms with van der Waals surface area (Å²) in [5.74, 6) is -1.30. The summed E-state index contributed by atoms with van der Waals surface area (Å²) in [4.78, 5) is 44.8. The minimum Gasteiger partial charge on any atom is -0.544 e.